The van der Waals surface area contributed by atoms with E-state index in [0.717, 1.165) is 10.7 Å². The van der Waals surface area contributed by atoms with E-state index in [9.17, 15) is 18.5 Å². The third-order valence-electron chi connectivity index (χ3n) is 2.99. The number of halogens is 1. The standard InChI is InChI=1S/C12H12BrN3O4S/c1-7-11(13)8(2)15(14-7)9-5-4-6-10(21(3,19)20)12(9)16(17)18/h4-6H,1-3H3. The van der Waals surface area contributed by atoms with Crippen molar-refractivity contribution in [3.63, 3.8) is 0 Å². The van der Waals surface area contributed by atoms with Crippen molar-refractivity contribution in [3.8, 4) is 5.69 Å². The average molecular weight is 374 g/mol. The van der Waals surface area contributed by atoms with Crippen LogP contribution in [0.25, 0.3) is 5.69 Å². The fraction of sp³-hybridized carbons (Fsp3) is 0.250. The van der Waals surface area contributed by atoms with Gasteiger partial charge in [-0.3, -0.25) is 10.1 Å². The number of para-hydroxylation sites is 1. The lowest BCUT2D eigenvalue weighted by Crippen LogP contribution is -2.09. The van der Waals surface area contributed by atoms with Gasteiger partial charge in [-0.05, 0) is 41.9 Å². The summed E-state index contributed by atoms with van der Waals surface area (Å²) in [6, 6.07) is 4.15. The zero-order chi connectivity index (χ0) is 15.9. The first-order valence-electron chi connectivity index (χ1n) is 5.84. The Bertz CT molecular complexity index is 842. The Kier molecular flexibility index (Phi) is 3.89. The molecule has 0 saturated heterocycles. The lowest BCUT2D eigenvalue weighted by atomic mass is 10.2. The zero-order valence-electron chi connectivity index (χ0n) is 11.5. The second-order valence-electron chi connectivity index (χ2n) is 4.55. The van der Waals surface area contributed by atoms with Crippen LogP contribution in [0.1, 0.15) is 11.4 Å². The van der Waals surface area contributed by atoms with Crippen molar-refractivity contribution in [1.82, 2.24) is 9.78 Å². The van der Waals surface area contributed by atoms with Crippen molar-refractivity contribution in [2.24, 2.45) is 0 Å². The maximum atomic E-state index is 11.8. The minimum atomic E-state index is -3.72. The minimum Gasteiger partial charge on any atom is -0.258 e. The Morgan fingerprint density at radius 3 is 2.38 bits per heavy atom. The van der Waals surface area contributed by atoms with E-state index >= 15 is 0 Å². The molecule has 7 nitrogen and oxygen atoms in total. The second kappa shape index (κ2) is 5.23. The van der Waals surface area contributed by atoms with Gasteiger partial charge in [-0.15, -0.1) is 0 Å². The summed E-state index contributed by atoms with van der Waals surface area (Å²) in [5.74, 6) is 0. The predicted molar refractivity (Wildman–Crippen MR) is 80.5 cm³/mol. The number of rotatable bonds is 3. The highest BCUT2D eigenvalue weighted by molar-refractivity contribution is 9.10. The van der Waals surface area contributed by atoms with Crippen molar-refractivity contribution < 1.29 is 13.3 Å². The molecule has 0 saturated carbocycles. The van der Waals surface area contributed by atoms with Crippen LogP contribution >= 0.6 is 15.9 Å². The summed E-state index contributed by atoms with van der Waals surface area (Å²) in [7, 11) is -3.72. The molecule has 2 aromatic rings. The molecule has 112 valence electrons. The van der Waals surface area contributed by atoms with Gasteiger partial charge >= 0.3 is 5.69 Å². The number of sulfone groups is 1. The van der Waals surface area contributed by atoms with Crippen molar-refractivity contribution in [2.75, 3.05) is 6.26 Å². The molecule has 21 heavy (non-hydrogen) atoms. The van der Waals surface area contributed by atoms with E-state index in [4.69, 9.17) is 0 Å². The maximum absolute atomic E-state index is 11.8. The fourth-order valence-electron chi connectivity index (χ4n) is 2.02. The van der Waals surface area contributed by atoms with Crippen LogP contribution in [0.15, 0.2) is 27.6 Å². The van der Waals surface area contributed by atoms with Crippen molar-refractivity contribution >= 4 is 31.5 Å². The molecule has 0 spiro atoms. The average Bonchev–Trinajstić information content (AvgIpc) is 2.64. The molecule has 9 heteroatoms. The van der Waals surface area contributed by atoms with Gasteiger partial charge in [0.15, 0.2) is 9.84 Å². The number of benzene rings is 1. The van der Waals surface area contributed by atoms with Crippen LogP contribution in [-0.2, 0) is 9.84 Å². The van der Waals surface area contributed by atoms with E-state index in [-0.39, 0.29) is 10.6 Å². The van der Waals surface area contributed by atoms with E-state index in [0.29, 0.717) is 11.4 Å². The number of aryl methyl sites for hydroxylation is 1. The van der Waals surface area contributed by atoms with E-state index in [1.165, 1.54) is 22.9 Å². The van der Waals surface area contributed by atoms with Gasteiger partial charge in [0.05, 0.1) is 20.8 Å². The van der Waals surface area contributed by atoms with Gasteiger partial charge in [0, 0.05) is 6.26 Å². The fourth-order valence-corrected chi connectivity index (χ4v) is 3.13. The van der Waals surface area contributed by atoms with E-state index in [2.05, 4.69) is 21.0 Å². The largest absolute Gasteiger partial charge is 0.313 e. The first-order valence-corrected chi connectivity index (χ1v) is 8.52. The quantitative estimate of drug-likeness (QED) is 0.608. The van der Waals surface area contributed by atoms with Crippen LogP contribution in [0, 0.1) is 24.0 Å². The second-order valence-corrected chi connectivity index (χ2v) is 7.33. The molecule has 0 atom stereocenters. The van der Waals surface area contributed by atoms with Gasteiger partial charge < -0.3 is 0 Å². The summed E-state index contributed by atoms with van der Waals surface area (Å²) in [6.45, 7) is 3.49. The zero-order valence-corrected chi connectivity index (χ0v) is 13.9. The topological polar surface area (TPSA) is 95.1 Å². The smallest absolute Gasteiger partial charge is 0.258 e. The van der Waals surface area contributed by atoms with E-state index in [1.807, 2.05) is 0 Å². The van der Waals surface area contributed by atoms with Gasteiger partial charge in [-0.25, -0.2) is 13.1 Å². The summed E-state index contributed by atoms with van der Waals surface area (Å²) >= 11 is 3.35. The highest BCUT2D eigenvalue weighted by Crippen LogP contribution is 2.33. The molecule has 0 aliphatic rings. The molecule has 0 unspecified atom stereocenters. The predicted octanol–water partition coefficient (Wildman–Crippen LogP) is 2.56. The Morgan fingerprint density at radius 2 is 1.95 bits per heavy atom. The molecule has 1 heterocycles. The Balaban J connectivity index is 2.88. The molecule has 0 bridgehead atoms. The Hall–Kier alpha value is -1.74. The third-order valence-corrected chi connectivity index (χ3v) is 5.27. The molecule has 0 aliphatic carbocycles. The lowest BCUT2D eigenvalue weighted by Gasteiger charge is -2.08. The van der Waals surface area contributed by atoms with Crippen molar-refractivity contribution in [3.05, 3.63) is 44.2 Å². The highest BCUT2D eigenvalue weighted by Gasteiger charge is 2.28. The maximum Gasteiger partial charge on any atom is 0.313 e. The van der Waals surface area contributed by atoms with Crippen LogP contribution in [0.3, 0.4) is 0 Å². The number of nitrogens with zero attached hydrogens (tertiary/aromatic N) is 3. The summed E-state index contributed by atoms with van der Waals surface area (Å²) in [5.41, 5.74) is 0.958. The van der Waals surface area contributed by atoms with E-state index < -0.39 is 20.4 Å². The molecule has 0 amide bonds. The highest BCUT2D eigenvalue weighted by atomic mass is 79.9. The summed E-state index contributed by atoms with van der Waals surface area (Å²) in [5, 5.41) is 15.6. The first kappa shape index (κ1) is 15.6. The van der Waals surface area contributed by atoms with Crippen molar-refractivity contribution in [1.29, 1.82) is 0 Å². The third kappa shape index (κ3) is 2.70. The van der Waals surface area contributed by atoms with Gasteiger partial charge in [-0.1, -0.05) is 6.07 Å². The number of nitro groups is 1. The molecule has 0 N–H and O–H groups in total. The van der Waals surface area contributed by atoms with Crippen molar-refractivity contribution in [2.45, 2.75) is 18.7 Å². The molecular formula is C12H12BrN3O4S. The minimum absolute atomic E-state index is 0.120. The van der Waals surface area contributed by atoms with Crippen LogP contribution in [0.4, 0.5) is 5.69 Å². The Morgan fingerprint density at radius 1 is 1.33 bits per heavy atom. The number of hydrogen-bond donors (Lipinski definition) is 0. The SMILES string of the molecule is Cc1nn(-c2cccc(S(C)(=O)=O)c2[N+](=O)[O-])c(C)c1Br. The summed E-state index contributed by atoms with van der Waals surface area (Å²) in [4.78, 5) is 10.3. The molecule has 1 aromatic heterocycles. The summed E-state index contributed by atoms with van der Waals surface area (Å²) in [6.07, 6.45) is 0.941. The van der Waals surface area contributed by atoms with E-state index in [1.54, 1.807) is 13.8 Å². The Labute approximate surface area is 129 Å². The monoisotopic (exact) mass is 373 g/mol. The molecule has 0 fully saturated rings. The first-order chi connectivity index (χ1) is 9.64. The molecular weight excluding hydrogens is 362 g/mol. The number of aromatic nitrogens is 2. The molecule has 0 aliphatic heterocycles. The van der Waals surface area contributed by atoms with Crippen LogP contribution < -0.4 is 0 Å². The van der Waals surface area contributed by atoms with Gasteiger partial charge in [0.1, 0.15) is 10.6 Å². The summed E-state index contributed by atoms with van der Waals surface area (Å²) < 4.78 is 25.6. The number of hydrogen-bond acceptors (Lipinski definition) is 5. The molecule has 2 rings (SSSR count). The molecule has 0 radical (unpaired) electrons. The van der Waals surface area contributed by atoms with Gasteiger partial charge in [-0.2, -0.15) is 5.10 Å². The van der Waals surface area contributed by atoms with Gasteiger partial charge in [0.2, 0.25) is 0 Å². The van der Waals surface area contributed by atoms with Crippen LogP contribution in [0.2, 0.25) is 0 Å². The lowest BCUT2D eigenvalue weighted by molar-refractivity contribution is -0.387. The van der Waals surface area contributed by atoms with Crippen LogP contribution in [-0.4, -0.2) is 29.4 Å². The molecule has 1 aromatic carbocycles. The number of nitro benzene ring substituents is 1. The van der Waals surface area contributed by atoms with Gasteiger partial charge in [0.25, 0.3) is 0 Å². The normalized spacial score (nSPS) is 11.6. The van der Waals surface area contributed by atoms with Crippen LogP contribution in [0.5, 0.6) is 0 Å².